The maximum atomic E-state index is 13.7. The van der Waals surface area contributed by atoms with E-state index in [2.05, 4.69) is 120 Å². The first-order valence-corrected chi connectivity index (χ1v) is 13.5. The topological polar surface area (TPSA) is 8.17 Å². The second-order valence-corrected chi connectivity index (χ2v) is 10.1. The Morgan fingerprint density at radius 3 is 1.70 bits per heavy atom. The second-order valence-electron chi connectivity index (χ2n) is 10.1. The minimum absolute atomic E-state index is 0.244. The fourth-order valence-corrected chi connectivity index (χ4v) is 5.59. The quantitative estimate of drug-likeness (QED) is 0.220. The van der Waals surface area contributed by atoms with Crippen molar-refractivity contribution in [3.05, 3.63) is 157 Å². The van der Waals surface area contributed by atoms with E-state index >= 15 is 0 Å². The molecule has 7 rings (SSSR count). The van der Waals surface area contributed by atoms with Crippen LogP contribution in [-0.4, -0.2) is 4.57 Å². The van der Waals surface area contributed by atoms with E-state index in [1.165, 1.54) is 45.1 Å². The summed E-state index contributed by atoms with van der Waals surface area (Å²) in [5, 5.41) is 2.49. The van der Waals surface area contributed by atoms with E-state index in [0.29, 0.717) is 0 Å². The minimum atomic E-state index is -0.244. The van der Waals surface area contributed by atoms with E-state index in [0.717, 1.165) is 28.3 Å². The van der Waals surface area contributed by atoms with E-state index in [1.807, 2.05) is 30.3 Å². The number of anilines is 3. The Labute approximate surface area is 233 Å². The van der Waals surface area contributed by atoms with Crippen LogP contribution in [0.15, 0.2) is 146 Å². The summed E-state index contributed by atoms with van der Waals surface area (Å²) >= 11 is 0. The van der Waals surface area contributed by atoms with Crippen molar-refractivity contribution >= 4 is 38.9 Å². The number of fused-ring (bicyclic) bond motifs is 3. The zero-order valence-corrected chi connectivity index (χ0v) is 22.1. The SMILES string of the molecule is Cc1ccc2c(c1)c1cc(-c3ccc(N(c4ccccc4)c4ccc(F)cc4)cc3)ccc1n2-c1ccccc1. The van der Waals surface area contributed by atoms with E-state index in [4.69, 9.17) is 0 Å². The van der Waals surface area contributed by atoms with E-state index in [9.17, 15) is 4.39 Å². The molecule has 1 aromatic heterocycles. The lowest BCUT2D eigenvalue weighted by atomic mass is 10.0. The van der Waals surface area contributed by atoms with Gasteiger partial charge in [0.1, 0.15) is 5.82 Å². The van der Waals surface area contributed by atoms with E-state index in [1.54, 1.807) is 0 Å². The van der Waals surface area contributed by atoms with Crippen LogP contribution in [0.4, 0.5) is 21.5 Å². The predicted octanol–water partition coefficient (Wildman–Crippen LogP) is 10.4. The van der Waals surface area contributed by atoms with Gasteiger partial charge in [-0.05, 0) is 103 Å². The van der Waals surface area contributed by atoms with Crippen LogP contribution < -0.4 is 4.90 Å². The van der Waals surface area contributed by atoms with Crippen molar-refractivity contribution in [3.63, 3.8) is 0 Å². The molecule has 2 nitrogen and oxygen atoms in total. The Kier molecular flexibility index (Phi) is 5.90. The molecule has 0 unspecified atom stereocenters. The Morgan fingerprint density at radius 2 is 1.02 bits per heavy atom. The molecule has 0 aliphatic carbocycles. The molecule has 1 heterocycles. The summed E-state index contributed by atoms with van der Waals surface area (Å²) in [6.45, 7) is 2.15. The normalized spacial score (nSPS) is 11.2. The molecule has 0 aliphatic heterocycles. The Bertz CT molecular complexity index is 1940. The predicted molar refractivity (Wildman–Crippen MR) is 166 cm³/mol. The van der Waals surface area contributed by atoms with Crippen molar-refractivity contribution in [2.24, 2.45) is 0 Å². The average molecular weight is 519 g/mol. The Balaban J connectivity index is 1.33. The Morgan fingerprint density at radius 1 is 0.500 bits per heavy atom. The van der Waals surface area contributed by atoms with Crippen LogP contribution in [0.5, 0.6) is 0 Å². The van der Waals surface area contributed by atoms with E-state index in [-0.39, 0.29) is 5.82 Å². The summed E-state index contributed by atoms with van der Waals surface area (Å²) in [7, 11) is 0. The van der Waals surface area contributed by atoms with Crippen LogP contribution in [0.2, 0.25) is 0 Å². The highest BCUT2D eigenvalue weighted by Crippen LogP contribution is 2.38. The minimum Gasteiger partial charge on any atom is -0.311 e. The van der Waals surface area contributed by atoms with Gasteiger partial charge in [0.05, 0.1) is 11.0 Å². The third-order valence-corrected chi connectivity index (χ3v) is 7.49. The van der Waals surface area contributed by atoms with Crippen molar-refractivity contribution in [2.75, 3.05) is 4.90 Å². The van der Waals surface area contributed by atoms with Gasteiger partial charge >= 0.3 is 0 Å². The number of benzene rings is 6. The Hall–Kier alpha value is -5.15. The number of nitrogens with zero attached hydrogens (tertiary/aromatic N) is 2. The maximum Gasteiger partial charge on any atom is 0.123 e. The fourth-order valence-electron chi connectivity index (χ4n) is 5.59. The lowest BCUT2D eigenvalue weighted by Gasteiger charge is -2.25. The molecule has 0 aliphatic rings. The molecule has 0 atom stereocenters. The molecule has 192 valence electrons. The summed E-state index contributed by atoms with van der Waals surface area (Å²) in [6, 6.07) is 49.4. The molecule has 0 spiro atoms. The van der Waals surface area contributed by atoms with Gasteiger partial charge in [0, 0.05) is 33.5 Å². The summed E-state index contributed by atoms with van der Waals surface area (Å²) in [4.78, 5) is 2.14. The molecule has 40 heavy (non-hydrogen) atoms. The van der Waals surface area contributed by atoms with Crippen LogP contribution in [0.1, 0.15) is 5.56 Å². The number of aromatic nitrogens is 1. The lowest BCUT2D eigenvalue weighted by Crippen LogP contribution is -2.09. The first-order valence-electron chi connectivity index (χ1n) is 13.5. The lowest BCUT2D eigenvalue weighted by molar-refractivity contribution is 0.628. The monoisotopic (exact) mass is 518 g/mol. The van der Waals surface area contributed by atoms with Crippen molar-refractivity contribution < 1.29 is 4.39 Å². The van der Waals surface area contributed by atoms with Gasteiger partial charge in [-0.3, -0.25) is 0 Å². The number of hydrogen-bond acceptors (Lipinski definition) is 1. The van der Waals surface area contributed by atoms with Crippen molar-refractivity contribution in [2.45, 2.75) is 6.92 Å². The summed E-state index contributed by atoms with van der Waals surface area (Å²) in [5.74, 6) is -0.244. The van der Waals surface area contributed by atoms with Gasteiger partial charge in [-0.15, -0.1) is 0 Å². The van der Waals surface area contributed by atoms with Gasteiger partial charge in [0.25, 0.3) is 0 Å². The summed E-state index contributed by atoms with van der Waals surface area (Å²) < 4.78 is 16.0. The van der Waals surface area contributed by atoms with Crippen LogP contribution in [0, 0.1) is 12.7 Å². The van der Waals surface area contributed by atoms with Crippen LogP contribution in [-0.2, 0) is 0 Å². The largest absolute Gasteiger partial charge is 0.311 e. The van der Waals surface area contributed by atoms with Gasteiger partial charge in [-0.25, -0.2) is 4.39 Å². The highest BCUT2D eigenvalue weighted by atomic mass is 19.1. The van der Waals surface area contributed by atoms with E-state index < -0.39 is 0 Å². The number of para-hydroxylation sites is 2. The molecule has 0 bridgehead atoms. The van der Waals surface area contributed by atoms with Gasteiger partial charge < -0.3 is 9.47 Å². The molecule has 0 radical (unpaired) electrons. The van der Waals surface area contributed by atoms with Crippen LogP contribution in [0.25, 0.3) is 38.6 Å². The first-order chi connectivity index (χ1) is 19.7. The highest BCUT2D eigenvalue weighted by Gasteiger charge is 2.15. The second kappa shape index (κ2) is 9.87. The maximum absolute atomic E-state index is 13.7. The van der Waals surface area contributed by atoms with Gasteiger partial charge in [-0.1, -0.05) is 66.2 Å². The molecule has 7 aromatic rings. The van der Waals surface area contributed by atoms with Crippen molar-refractivity contribution in [3.8, 4) is 16.8 Å². The number of halogens is 1. The van der Waals surface area contributed by atoms with Gasteiger partial charge in [0.2, 0.25) is 0 Å². The molecular formula is C37H27FN2. The number of aryl methyl sites for hydroxylation is 1. The zero-order chi connectivity index (χ0) is 27.1. The number of rotatable bonds is 5. The van der Waals surface area contributed by atoms with Crippen LogP contribution in [0.3, 0.4) is 0 Å². The molecular weight excluding hydrogens is 491 g/mol. The molecule has 0 saturated carbocycles. The first kappa shape index (κ1) is 23.9. The van der Waals surface area contributed by atoms with Crippen LogP contribution >= 0.6 is 0 Å². The zero-order valence-electron chi connectivity index (χ0n) is 22.1. The standard InChI is InChI=1S/C37H27FN2/c1-26-12-22-36-34(24-26)35-25-28(15-23-37(35)40(36)31-10-6-3-7-11-31)27-13-18-32(19-14-27)39(30-8-4-2-5-9-30)33-20-16-29(38)17-21-33/h2-25H,1H3. The van der Waals surface area contributed by atoms with Gasteiger partial charge in [-0.2, -0.15) is 0 Å². The van der Waals surface area contributed by atoms with Gasteiger partial charge in [0.15, 0.2) is 0 Å². The van der Waals surface area contributed by atoms with Crippen molar-refractivity contribution in [1.82, 2.24) is 4.57 Å². The highest BCUT2D eigenvalue weighted by molar-refractivity contribution is 6.10. The molecule has 0 amide bonds. The average Bonchev–Trinajstić information content (AvgIpc) is 3.32. The molecule has 0 fully saturated rings. The molecule has 0 N–H and O–H groups in total. The third-order valence-electron chi connectivity index (χ3n) is 7.49. The summed E-state index contributed by atoms with van der Waals surface area (Å²) in [5.41, 5.74) is 10.1. The van der Waals surface area contributed by atoms with Crippen molar-refractivity contribution in [1.29, 1.82) is 0 Å². The third kappa shape index (κ3) is 4.22. The molecule has 3 heteroatoms. The summed E-state index contributed by atoms with van der Waals surface area (Å²) in [6.07, 6.45) is 0. The molecule has 6 aromatic carbocycles. The molecule has 0 saturated heterocycles. The fraction of sp³-hybridized carbons (Fsp3) is 0.0270. The smallest absolute Gasteiger partial charge is 0.123 e. The number of hydrogen-bond donors (Lipinski definition) is 0.